The molecule has 1 amide bonds. The van der Waals surface area contributed by atoms with E-state index in [4.69, 9.17) is 4.74 Å². The van der Waals surface area contributed by atoms with Crippen molar-refractivity contribution in [3.8, 4) is 5.75 Å². The van der Waals surface area contributed by atoms with Crippen LogP contribution >= 0.6 is 0 Å². The number of aryl methyl sites for hydroxylation is 1. The maximum absolute atomic E-state index is 13.1. The number of hydrogen-bond donors (Lipinski definition) is 1. The summed E-state index contributed by atoms with van der Waals surface area (Å²) >= 11 is 0. The zero-order valence-corrected chi connectivity index (χ0v) is 22.5. The average Bonchev–Trinajstić information content (AvgIpc) is 3.47. The van der Waals surface area contributed by atoms with E-state index < -0.39 is 10.0 Å². The van der Waals surface area contributed by atoms with Crippen molar-refractivity contribution in [2.45, 2.75) is 50.7 Å². The fourth-order valence-corrected chi connectivity index (χ4v) is 7.02. The van der Waals surface area contributed by atoms with E-state index >= 15 is 0 Å². The minimum absolute atomic E-state index is 0.0490. The predicted octanol–water partition coefficient (Wildman–Crippen LogP) is 1.93. The predicted molar refractivity (Wildman–Crippen MR) is 139 cm³/mol. The Morgan fingerprint density at radius 3 is 2.47 bits per heavy atom. The number of nitrogens with zero attached hydrogens (tertiary/aromatic N) is 5. The summed E-state index contributed by atoms with van der Waals surface area (Å²) in [6.45, 7) is 10.6. The van der Waals surface area contributed by atoms with E-state index in [1.807, 2.05) is 43.9 Å². The SMILES string of the molecule is Cc1c(NC(=O)CN2CC(C)N(S(=O)(=O)c3cn(C)cn3)C(C)C2)cccc1OCCN1CCCC1. The lowest BCUT2D eigenvalue weighted by Crippen LogP contribution is -2.59. The van der Waals surface area contributed by atoms with Crippen LogP contribution in [0.2, 0.25) is 0 Å². The van der Waals surface area contributed by atoms with Gasteiger partial charge in [0.1, 0.15) is 12.4 Å². The van der Waals surface area contributed by atoms with Crippen LogP contribution in [0.3, 0.4) is 0 Å². The molecule has 2 saturated heterocycles. The largest absolute Gasteiger partial charge is 0.492 e. The third-order valence-electron chi connectivity index (χ3n) is 6.93. The van der Waals surface area contributed by atoms with Crippen LogP contribution in [0, 0.1) is 6.92 Å². The number of aromatic nitrogens is 2. The van der Waals surface area contributed by atoms with Crippen molar-refractivity contribution in [1.29, 1.82) is 0 Å². The van der Waals surface area contributed by atoms with Crippen LogP contribution in [-0.2, 0) is 21.9 Å². The first kappa shape index (κ1) is 26.6. The van der Waals surface area contributed by atoms with Crippen LogP contribution in [0.15, 0.2) is 35.7 Å². The first-order valence-corrected chi connectivity index (χ1v) is 14.1. The fraction of sp³-hybridized carbons (Fsp3) is 0.600. The number of likely N-dealkylation sites (tertiary alicyclic amines) is 1. The van der Waals surface area contributed by atoms with Gasteiger partial charge in [0.05, 0.1) is 12.9 Å². The lowest BCUT2D eigenvalue weighted by Gasteiger charge is -2.42. The summed E-state index contributed by atoms with van der Waals surface area (Å²) in [5.74, 6) is 0.648. The highest BCUT2D eigenvalue weighted by atomic mass is 32.2. The molecule has 0 aliphatic carbocycles. The Labute approximate surface area is 214 Å². The molecule has 10 nitrogen and oxygen atoms in total. The number of hydrogen-bond acceptors (Lipinski definition) is 7. The maximum Gasteiger partial charge on any atom is 0.262 e. The Hall–Kier alpha value is -2.47. The summed E-state index contributed by atoms with van der Waals surface area (Å²) in [6.07, 6.45) is 5.51. The monoisotopic (exact) mass is 518 g/mol. The summed E-state index contributed by atoms with van der Waals surface area (Å²) in [5, 5.41) is 3.06. The van der Waals surface area contributed by atoms with Crippen molar-refractivity contribution < 1.29 is 17.9 Å². The summed E-state index contributed by atoms with van der Waals surface area (Å²) in [5.41, 5.74) is 1.64. The third kappa shape index (κ3) is 6.08. The molecule has 11 heteroatoms. The van der Waals surface area contributed by atoms with Crippen LogP contribution in [0.1, 0.15) is 32.3 Å². The number of rotatable bonds is 9. The van der Waals surface area contributed by atoms with Crippen molar-refractivity contribution in [2.75, 3.05) is 51.2 Å². The van der Waals surface area contributed by atoms with Gasteiger partial charge in [-0.3, -0.25) is 14.6 Å². The van der Waals surface area contributed by atoms with Crippen molar-refractivity contribution in [2.24, 2.45) is 7.05 Å². The van der Waals surface area contributed by atoms with Gasteiger partial charge in [0, 0.05) is 56.2 Å². The molecule has 0 bridgehead atoms. The van der Waals surface area contributed by atoms with Crippen molar-refractivity contribution in [1.82, 2.24) is 23.7 Å². The zero-order chi connectivity index (χ0) is 25.9. The molecule has 198 valence electrons. The topological polar surface area (TPSA) is 100 Å². The number of amides is 1. The maximum atomic E-state index is 13.1. The first-order valence-electron chi connectivity index (χ1n) is 12.6. The van der Waals surface area contributed by atoms with Crippen molar-refractivity contribution >= 4 is 21.6 Å². The van der Waals surface area contributed by atoms with Gasteiger partial charge in [-0.25, -0.2) is 13.4 Å². The molecule has 0 radical (unpaired) electrons. The van der Waals surface area contributed by atoms with Crippen LogP contribution in [0.25, 0.3) is 0 Å². The van der Waals surface area contributed by atoms with E-state index in [-0.39, 0.29) is 29.6 Å². The molecule has 2 aromatic rings. The minimum Gasteiger partial charge on any atom is -0.492 e. The Kier molecular flexibility index (Phi) is 8.34. The van der Waals surface area contributed by atoms with Gasteiger partial charge in [-0.05, 0) is 58.8 Å². The quantitative estimate of drug-likeness (QED) is 0.541. The van der Waals surface area contributed by atoms with E-state index in [1.54, 1.807) is 11.6 Å². The molecule has 1 aromatic heterocycles. The summed E-state index contributed by atoms with van der Waals surface area (Å²) in [6, 6.07) is 5.12. The second-order valence-electron chi connectivity index (χ2n) is 9.98. The minimum atomic E-state index is -3.71. The van der Waals surface area contributed by atoms with E-state index in [0.717, 1.165) is 36.6 Å². The van der Waals surface area contributed by atoms with Crippen LogP contribution in [0.5, 0.6) is 5.75 Å². The molecular weight excluding hydrogens is 480 g/mol. The zero-order valence-electron chi connectivity index (χ0n) is 21.7. The number of imidazole rings is 1. The number of nitrogens with one attached hydrogen (secondary N) is 1. The normalized spacial score (nSPS) is 22.1. The molecular formula is C25H38N6O4S. The third-order valence-corrected chi connectivity index (χ3v) is 8.94. The molecule has 0 saturated carbocycles. The van der Waals surface area contributed by atoms with Crippen molar-refractivity contribution in [3.63, 3.8) is 0 Å². The molecule has 4 rings (SSSR count). The van der Waals surface area contributed by atoms with E-state index in [2.05, 4.69) is 15.2 Å². The number of anilines is 1. The Morgan fingerprint density at radius 2 is 1.83 bits per heavy atom. The second kappa shape index (κ2) is 11.3. The van der Waals surface area contributed by atoms with Crippen LogP contribution < -0.4 is 10.1 Å². The van der Waals surface area contributed by atoms with Gasteiger partial charge in [0.15, 0.2) is 5.03 Å². The first-order chi connectivity index (χ1) is 17.1. The Balaban J connectivity index is 1.32. The lowest BCUT2D eigenvalue weighted by atomic mass is 10.1. The van der Waals surface area contributed by atoms with E-state index in [1.165, 1.54) is 29.7 Å². The number of carbonyl (C=O) groups excluding carboxylic acids is 1. The van der Waals surface area contributed by atoms with Gasteiger partial charge < -0.3 is 14.6 Å². The molecule has 1 aromatic carbocycles. The highest BCUT2D eigenvalue weighted by Crippen LogP contribution is 2.27. The van der Waals surface area contributed by atoms with Gasteiger partial charge in [-0.1, -0.05) is 6.07 Å². The molecule has 2 aliphatic heterocycles. The standard InChI is InChI=1S/C25H38N6O4S/c1-19-14-30(15-20(2)31(19)36(33,34)25-17-28(4)18-26-25)16-24(32)27-22-8-7-9-23(21(22)3)35-13-12-29-10-5-6-11-29/h7-9,17-20H,5-6,10-16H2,1-4H3,(H,27,32). The van der Waals surface area contributed by atoms with Gasteiger partial charge in [0.2, 0.25) is 5.91 Å². The summed E-state index contributed by atoms with van der Waals surface area (Å²) < 4.78 is 35.4. The smallest absolute Gasteiger partial charge is 0.262 e. The molecule has 1 N–H and O–H groups in total. The van der Waals surface area contributed by atoms with E-state index in [9.17, 15) is 13.2 Å². The molecule has 36 heavy (non-hydrogen) atoms. The van der Waals surface area contributed by atoms with E-state index in [0.29, 0.717) is 19.7 Å². The molecule has 2 atom stereocenters. The molecule has 0 spiro atoms. The van der Waals surface area contributed by atoms with Crippen LogP contribution in [-0.4, -0.2) is 95.9 Å². The number of piperazine rings is 1. The highest BCUT2D eigenvalue weighted by molar-refractivity contribution is 7.89. The van der Waals surface area contributed by atoms with Crippen molar-refractivity contribution in [3.05, 3.63) is 36.3 Å². The van der Waals surface area contributed by atoms with Gasteiger partial charge in [-0.2, -0.15) is 4.31 Å². The molecule has 3 heterocycles. The molecule has 2 aliphatic rings. The fourth-order valence-electron chi connectivity index (χ4n) is 5.24. The highest BCUT2D eigenvalue weighted by Gasteiger charge is 2.39. The van der Waals surface area contributed by atoms with Crippen LogP contribution in [0.4, 0.5) is 5.69 Å². The van der Waals surface area contributed by atoms with Gasteiger partial charge in [0.25, 0.3) is 10.0 Å². The molecule has 2 unspecified atom stereocenters. The summed E-state index contributed by atoms with van der Waals surface area (Å²) in [4.78, 5) is 21.4. The van der Waals surface area contributed by atoms with Gasteiger partial charge >= 0.3 is 0 Å². The molecule has 2 fully saturated rings. The Morgan fingerprint density at radius 1 is 1.14 bits per heavy atom. The Bertz CT molecular complexity index is 1150. The lowest BCUT2D eigenvalue weighted by molar-refractivity contribution is -0.118. The summed E-state index contributed by atoms with van der Waals surface area (Å²) in [7, 11) is -1.96. The average molecular weight is 519 g/mol. The number of carbonyl (C=O) groups is 1. The van der Waals surface area contributed by atoms with Gasteiger partial charge in [-0.15, -0.1) is 0 Å². The number of ether oxygens (including phenoxy) is 1. The second-order valence-corrected chi connectivity index (χ2v) is 11.8. The number of benzene rings is 1. The number of sulfonamides is 1.